The van der Waals surface area contributed by atoms with E-state index in [1.54, 1.807) is 6.07 Å². The van der Waals surface area contributed by atoms with Crippen LogP contribution in [-0.2, 0) is 7.05 Å². The maximum absolute atomic E-state index is 14.5. The third-order valence-electron chi connectivity index (χ3n) is 4.21. The van der Waals surface area contributed by atoms with Crippen molar-refractivity contribution >= 4 is 0 Å². The number of aromatic nitrogens is 2. The lowest BCUT2D eigenvalue weighted by Crippen LogP contribution is -2.07. The van der Waals surface area contributed by atoms with E-state index >= 15 is 0 Å². The first-order valence-electron chi connectivity index (χ1n) is 7.80. The number of aliphatic hydroxyl groups excluding tert-OH is 1. The smallest absolute Gasteiger partial charge is 0.136 e. The zero-order valence-corrected chi connectivity index (χ0v) is 14.3. The second-order valence-electron chi connectivity index (χ2n) is 5.97. The van der Waals surface area contributed by atoms with E-state index in [9.17, 15) is 22.7 Å². The van der Waals surface area contributed by atoms with Gasteiger partial charge in [-0.05, 0) is 25.1 Å². The zero-order chi connectivity index (χ0) is 19.9. The van der Waals surface area contributed by atoms with Gasteiger partial charge < -0.3 is 5.11 Å². The molecule has 0 aliphatic rings. The van der Waals surface area contributed by atoms with Crippen molar-refractivity contribution in [2.24, 2.45) is 7.05 Å². The molecule has 0 saturated heterocycles. The third kappa shape index (κ3) is 3.17. The van der Waals surface area contributed by atoms with Crippen LogP contribution in [0.3, 0.4) is 0 Å². The van der Waals surface area contributed by atoms with Gasteiger partial charge in [-0.2, -0.15) is 10.4 Å². The predicted molar refractivity (Wildman–Crippen MR) is 88.4 cm³/mol. The molecule has 0 aliphatic heterocycles. The van der Waals surface area contributed by atoms with Crippen LogP contribution in [0.25, 0.3) is 11.3 Å². The van der Waals surface area contributed by atoms with Crippen molar-refractivity contribution in [3.63, 3.8) is 0 Å². The Kier molecular flexibility index (Phi) is 4.72. The molecule has 1 unspecified atom stereocenters. The van der Waals surface area contributed by atoms with Crippen molar-refractivity contribution in [2.45, 2.75) is 13.0 Å². The van der Waals surface area contributed by atoms with Crippen LogP contribution >= 0.6 is 0 Å². The van der Waals surface area contributed by atoms with Gasteiger partial charge in [0.05, 0.1) is 28.6 Å². The standard InChI is InChI=1S/C19H13F4N3O/c1-9-16(19(27)12-4-3-11(20)7-13(12)21)18(26(2)25-9)17-14(22)5-10(8-24)6-15(17)23/h3-7,19,27H,1-2H3. The normalized spacial score (nSPS) is 12.1. The summed E-state index contributed by atoms with van der Waals surface area (Å²) in [6.45, 7) is 1.49. The molecule has 0 amide bonds. The van der Waals surface area contributed by atoms with Crippen LogP contribution in [0.2, 0.25) is 0 Å². The molecule has 0 spiro atoms. The van der Waals surface area contributed by atoms with Gasteiger partial charge in [-0.25, -0.2) is 17.6 Å². The quantitative estimate of drug-likeness (QED) is 0.706. The number of halogens is 4. The number of aliphatic hydroxyl groups is 1. The van der Waals surface area contributed by atoms with Gasteiger partial charge in [-0.15, -0.1) is 0 Å². The maximum Gasteiger partial charge on any atom is 0.136 e. The van der Waals surface area contributed by atoms with E-state index in [0.717, 1.165) is 28.9 Å². The molecule has 0 saturated carbocycles. The van der Waals surface area contributed by atoms with Crippen LogP contribution in [0, 0.1) is 41.5 Å². The molecule has 0 radical (unpaired) electrons. The highest BCUT2D eigenvalue weighted by molar-refractivity contribution is 5.68. The minimum Gasteiger partial charge on any atom is -0.383 e. The average molecular weight is 375 g/mol. The van der Waals surface area contributed by atoms with E-state index in [-0.39, 0.29) is 28.1 Å². The summed E-state index contributed by atoms with van der Waals surface area (Å²) in [7, 11) is 1.41. The largest absolute Gasteiger partial charge is 0.383 e. The van der Waals surface area contributed by atoms with Crippen molar-refractivity contribution < 1.29 is 22.7 Å². The van der Waals surface area contributed by atoms with Gasteiger partial charge in [0.1, 0.15) is 29.4 Å². The van der Waals surface area contributed by atoms with Gasteiger partial charge in [0.25, 0.3) is 0 Å². The summed E-state index contributed by atoms with van der Waals surface area (Å²) >= 11 is 0. The number of aryl methyl sites for hydroxylation is 2. The fourth-order valence-electron chi connectivity index (χ4n) is 3.04. The van der Waals surface area contributed by atoms with Crippen molar-refractivity contribution in [1.82, 2.24) is 9.78 Å². The molecule has 0 aliphatic carbocycles. The third-order valence-corrected chi connectivity index (χ3v) is 4.21. The molecule has 2 aromatic carbocycles. The number of nitrogens with zero attached hydrogens (tertiary/aromatic N) is 3. The first kappa shape index (κ1) is 18.6. The van der Waals surface area contributed by atoms with Gasteiger partial charge in [-0.3, -0.25) is 4.68 Å². The highest BCUT2D eigenvalue weighted by Gasteiger charge is 2.28. The molecular formula is C19H13F4N3O. The lowest BCUT2D eigenvalue weighted by atomic mass is 9.95. The Balaban J connectivity index is 2.25. The Bertz CT molecular complexity index is 1060. The zero-order valence-electron chi connectivity index (χ0n) is 14.3. The summed E-state index contributed by atoms with van der Waals surface area (Å²) in [5, 5.41) is 23.6. The first-order valence-corrected chi connectivity index (χ1v) is 7.80. The predicted octanol–water partition coefficient (Wildman–Crippen LogP) is 3.91. The molecule has 1 heterocycles. The minimum atomic E-state index is -1.64. The Labute approximate surface area is 151 Å². The number of hydrogen-bond donors (Lipinski definition) is 1. The fraction of sp³-hybridized carbons (Fsp3) is 0.158. The molecule has 0 bridgehead atoms. The summed E-state index contributed by atoms with van der Waals surface area (Å²) in [5.74, 6) is -3.88. The van der Waals surface area contributed by atoms with E-state index in [4.69, 9.17) is 5.26 Å². The molecule has 4 nitrogen and oxygen atoms in total. The molecule has 8 heteroatoms. The molecule has 3 aromatic rings. The van der Waals surface area contributed by atoms with Gasteiger partial charge in [0.2, 0.25) is 0 Å². The summed E-state index contributed by atoms with van der Waals surface area (Å²) in [5.41, 5.74) is -0.892. The lowest BCUT2D eigenvalue weighted by molar-refractivity contribution is 0.214. The number of rotatable bonds is 3. The van der Waals surface area contributed by atoms with E-state index in [1.807, 2.05) is 0 Å². The summed E-state index contributed by atoms with van der Waals surface area (Å²) in [6, 6.07) is 5.98. The lowest BCUT2D eigenvalue weighted by Gasteiger charge is -2.16. The Morgan fingerprint density at radius 2 is 1.70 bits per heavy atom. The highest BCUT2D eigenvalue weighted by atomic mass is 19.1. The van der Waals surface area contributed by atoms with E-state index in [2.05, 4.69) is 5.10 Å². The van der Waals surface area contributed by atoms with Crippen molar-refractivity contribution in [2.75, 3.05) is 0 Å². The molecule has 1 atom stereocenters. The Hall–Kier alpha value is -3.18. The van der Waals surface area contributed by atoms with Gasteiger partial charge in [-0.1, -0.05) is 6.07 Å². The fourth-order valence-corrected chi connectivity index (χ4v) is 3.04. The highest BCUT2D eigenvalue weighted by Crippen LogP contribution is 2.37. The van der Waals surface area contributed by atoms with Crippen molar-refractivity contribution in [3.8, 4) is 17.3 Å². The first-order chi connectivity index (χ1) is 12.7. The van der Waals surface area contributed by atoms with Crippen LogP contribution < -0.4 is 0 Å². The summed E-state index contributed by atoms with van der Waals surface area (Å²) in [6.07, 6.45) is -1.64. The van der Waals surface area contributed by atoms with Gasteiger partial charge >= 0.3 is 0 Å². The molecule has 1 aromatic heterocycles. The van der Waals surface area contributed by atoms with Crippen LogP contribution in [0.15, 0.2) is 30.3 Å². The second-order valence-corrected chi connectivity index (χ2v) is 5.97. The van der Waals surface area contributed by atoms with E-state index in [0.29, 0.717) is 6.07 Å². The maximum atomic E-state index is 14.5. The number of hydrogen-bond acceptors (Lipinski definition) is 3. The topological polar surface area (TPSA) is 61.8 Å². The van der Waals surface area contributed by atoms with Crippen LogP contribution in [0.1, 0.15) is 28.5 Å². The average Bonchev–Trinajstić information content (AvgIpc) is 2.87. The SMILES string of the molecule is Cc1nn(C)c(-c2c(F)cc(C#N)cc2F)c1C(O)c1ccc(F)cc1F. The van der Waals surface area contributed by atoms with Crippen molar-refractivity contribution in [3.05, 3.63) is 76.0 Å². The minimum absolute atomic E-state index is 0.0227. The molecule has 27 heavy (non-hydrogen) atoms. The molecular weight excluding hydrogens is 362 g/mol. The molecule has 1 N–H and O–H groups in total. The van der Waals surface area contributed by atoms with E-state index < -0.39 is 34.9 Å². The van der Waals surface area contributed by atoms with E-state index in [1.165, 1.54) is 14.0 Å². The summed E-state index contributed by atoms with van der Waals surface area (Å²) < 4.78 is 57.4. The number of benzene rings is 2. The van der Waals surface area contributed by atoms with Crippen molar-refractivity contribution in [1.29, 1.82) is 5.26 Å². The van der Waals surface area contributed by atoms with Crippen LogP contribution in [0.5, 0.6) is 0 Å². The van der Waals surface area contributed by atoms with Crippen LogP contribution in [-0.4, -0.2) is 14.9 Å². The van der Waals surface area contributed by atoms with Gasteiger partial charge in [0, 0.05) is 24.2 Å². The second kappa shape index (κ2) is 6.85. The Morgan fingerprint density at radius 1 is 1.07 bits per heavy atom. The van der Waals surface area contributed by atoms with Gasteiger partial charge in [0.15, 0.2) is 0 Å². The molecule has 3 rings (SSSR count). The summed E-state index contributed by atoms with van der Waals surface area (Å²) in [4.78, 5) is 0. The Morgan fingerprint density at radius 3 is 2.26 bits per heavy atom. The van der Waals surface area contributed by atoms with Crippen LogP contribution in [0.4, 0.5) is 17.6 Å². The monoisotopic (exact) mass is 375 g/mol. The number of nitriles is 1. The molecule has 138 valence electrons. The molecule has 0 fully saturated rings.